The number of quaternary nitrogens is 2. The zero-order chi connectivity index (χ0) is 41.5. The van der Waals surface area contributed by atoms with E-state index >= 15 is 0 Å². The van der Waals surface area contributed by atoms with E-state index in [1.807, 2.05) is 74.8 Å². The Morgan fingerprint density at radius 1 is 0.741 bits per heavy atom. The van der Waals surface area contributed by atoms with Crippen LogP contribution in [0, 0.1) is 0 Å². The number of fused-ring (bicyclic) bond motifs is 2. The van der Waals surface area contributed by atoms with Gasteiger partial charge in [-0.15, -0.1) is 0 Å². The lowest BCUT2D eigenvalue weighted by Crippen LogP contribution is -2.59. The highest BCUT2D eigenvalue weighted by Gasteiger charge is 2.50. The number of alkyl halides is 1. The Morgan fingerprint density at radius 2 is 1.31 bits per heavy atom. The molecule has 0 aliphatic carbocycles. The Bertz CT molecular complexity index is 2210. The van der Waals surface area contributed by atoms with Crippen LogP contribution in [0.15, 0.2) is 60.7 Å². The summed E-state index contributed by atoms with van der Waals surface area (Å²) >= 11 is 0. The minimum Gasteiger partial charge on any atom is -0.493 e. The molecule has 0 amide bonds. The van der Waals surface area contributed by atoms with Crippen molar-refractivity contribution in [1.29, 1.82) is 0 Å². The van der Waals surface area contributed by atoms with E-state index in [1.165, 1.54) is 7.11 Å². The summed E-state index contributed by atoms with van der Waals surface area (Å²) in [4.78, 5) is 25.6. The molecule has 6 unspecified atom stereocenters. The third kappa shape index (κ3) is 7.15. The fourth-order valence-corrected chi connectivity index (χ4v) is 9.18. The number of hydrogen-bond donors (Lipinski definition) is 2. The average molecular weight is 801 g/mol. The Kier molecular flexibility index (Phi) is 11.2. The SMILES string of the molecule is COc1ccc2cc1Oc1ccc(cc1)CC1c3cc(c(OC)cc3CC[N+]1(C)C(C)C(=O)O)Oc1c(OCCF)c(OC)cc3c1C(C2)[N+](C)(C(C)C(=O)O)CC3. The van der Waals surface area contributed by atoms with Crippen molar-refractivity contribution in [2.75, 3.05) is 61.8 Å². The fourth-order valence-electron chi connectivity index (χ4n) is 9.18. The number of carboxylic acids is 2. The summed E-state index contributed by atoms with van der Waals surface area (Å²) in [5, 5.41) is 21.0. The van der Waals surface area contributed by atoms with Gasteiger partial charge >= 0.3 is 11.9 Å². The number of carbonyl (C=O) groups is 2. The van der Waals surface area contributed by atoms with Gasteiger partial charge in [0.25, 0.3) is 0 Å². The molecule has 308 valence electrons. The lowest BCUT2D eigenvalue weighted by Gasteiger charge is -2.49. The van der Waals surface area contributed by atoms with Crippen molar-refractivity contribution in [3.8, 4) is 46.0 Å². The second-order valence-electron chi connectivity index (χ2n) is 16.0. The highest BCUT2D eigenvalue weighted by molar-refractivity contribution is 5.72. The van der Waals surface area contributed by atoms with Crippen molar-refractivity contribution < 1.29 is 61.6 Å². The van der Waals surface area contributed by atoms with Crippen LogP contribution in [0.1, 0.15) is 59.3 Å². The molecular formula is C45H53FN2O10+2. The summed E-state index contributed by atoms with van der Waals surface area (Å²) in [7, 11) is 8.60. The molecule has 8 rings (SSSR count). The van der Waals surface area contributed by atoms with Crippen molar-refractivity contribution in [3.05, 3.63) is 94.0 Å². The van der Waals surface area contributed by atoms with Crippen molar-refractivity contribution in [2.45, 2.75) is 63.7 Å². The Morgan fingerprint density at radius 3 is 1.93 bits per heavy atom. The molecule has 12 nitrogen and oxygen atoms in total. The largest absolute Gasteiger partial charge is 0.493 e. The van der Waals surface area contributed by atoms with Gasteiger partial charge in [-0.05, 0) is 78.6 Å². The zero-order valence-electron chi connectivity index (χ0n) is 34.2. The van der Waals surface area contributed by atoms with Crippen LogP contribution in [0.25, 0.3) is 0 Å². The Balaban J connectivity index is 1.55. The first kappa shape index (κ1) is 40.7. The van der Waals surface area contributed by atoms with Gasteiger partial charge in [0, 0.05) is 31.2 Å². The maximum absolute atomic E-state index is 14.0. The number of hydrogen-bond acceptors (Lipinski definition) is 8. The van der Waals surface area contributed by atoms with Crippen LogP contribution in [0.5, 0.6) is 46.0 Å². The van der Waals surface area contributed by atoms with Gasteiger partial charge in [0.05, 0.1) is 54.1 Å². The first-order valence-corrected chi connectivity index (χ1v) is 19.7. The first-order valence-electron chi connectivity index (χ1n) is 19.7. The predicted molar refractivity (Wildman–Crippen MR) is 214 cm³/mol. The van der Waals surface area contributed by atoms with Crippen LogP contribution in [0.2, 0.25) is 0 Å². The summed E-state index contributed by atoms with van der Waals surface area (Å²) < 4.78 is 51.7. The van der Waals surface area contributed by atoms with E-state index in [0.29, 0.717) is 78.8 Å². The van der Waals surface area contributed by atoms with Crippen molar-refractivity contribution in [3.63, 3.8) is 0 Å². The number of rotatable bonds is 10. The number of carboxylic acid groups (broad SMARTS) is 2. The molecule has 4 aromatic rings. The minimum atomic E-state index is -0.948. The molecule has 0 spiro atoms. The quantitative estimate of drug-likeness (QED) is 0.156. The van der Waals surface area contributed by atoms with Gasteiger partial charge in [0.15, 0.2) is 46.6 Å². The minimum absolute atomic E-state index is 0.115. The third-order valence-electron chi connectivity index (χ3n) is 13.1. The molecule has 58 heavy (non-hydrogen) atoms. The second-order valence-corrected chi connectivity index (χ2v) is 16.0. The fraction of sp³-hybridized carbons (Fsp3) is 0.422. The molecule has 4 heterocycles. The van der Waals surface area contributed by atoms with Crippen LogP contribution in [-0.2, 0) is 35.3 Å². The Hall–Kier alpha value is -5.53. The van der Waals surface area contributed by atoms with Crippen LogP contribution >= 0.6 is 0 Å². The number of likely N-dealkylation sites (N-methyl/N-ethyl adjacent to an activating group) is 2. The van der Waals surface area contributed by atoms with Crippen LogP contribution in [0.3, 0.4) is 0 Å². The molecule has 0 radical (unpaired) electrons. The maximum atomic E-state index is 14.0. The number of methoxy groups -OCH3 is 3. The molecule has 6 atom stereocenters. The van der Waals surface area contributed by atoms with Gasteiger partial charge in [-0.25, -0.2) is 14.0 Å². The molecule has 13 heteroatoms. The van der Waals surface area contributed by atoms with E-state index in [4.69, 9.17) is 28.4 Å². The van der Waals surface area contributed by atoms with Gasteiger partial charge < -0.3 is 47.6 Å². The smallest absolute Gasteiger partial charge is 0.362 e. The lowest BCUT2D eigenvalue weighted by molar-refractivity contribution is -0.954. The molecule has 4 aliphatic heterocycles. The van der Waals surface area contributed by atoms with Crippen LogP contribution in [0.4, 0.5) is 4.39 Å². The van der Waals surface area contributed by atoms with Crippen molar-refractivity contribution >= 4 is 11.9 Å². The summed E-state index contributed by atoms with van der Waals surface area (Å²) in [6, 6.07) is 16.9. The van der Waals surface area contributed by atoms with Crippen LogP contribution < -0.4 is 28.4 Å². The number of nitrogens with zero attached hydrogens (tertiary/aromatic N) is 2. The lowest BCUT2D eigenvalue weighted by atomic mass is 9.84. The first-order chi connectivity index (χ1) is 27.8. The molecule has 4 aromatic carbocycles. The van der Waals surface area contributed by atoms with E-state index in [2.05, 4.69) is 0 Å². The standard InChI is InChI=1S/C45H51FN2O10/c1-26(44(49)50)47(3)17-14-30-23-37(54-6)39-25-33(30)34(47)20-28-8-11-32(12-9-28)57-38-22-29(10-13-36(38)53-5)21-35-41-31(15-18-48(35,4)27(2)45(51)52)24-40(55-7)42(43(41)58-39)56-19-16-46/h8-13,22-27,34-35H,14-21H2,1-7H3/p+2. The molecule has 6 bridgehead atoms. The van der Waals surface area contributed by atoms with E-state index in [1.54, 1.807) is 28.1 Å². The number of aliphatic carboxylic acids is 2. The Labute approximate surface area is 338 Å². The molecular weight excluding hydrogens is 747 g/mol. The molecule has 0 aromatic heterocycles. The third-order valence-corrected chi connectivity index (χ3v) is 13.1. The normalized spacial score (nSPS) is 23.1. The number of benzene rings is 4. The molecule has 0 fully saturated rings. The highest BCUT2D eigenvalue weighted by atomic mass is 19.1. The molecule has 2 N–H and O–H groups in total. The van der Waals surface area contributed by atoms with Crippen molar-refractivity contribution in [2.24, 2.45) is 0 Å². The number of halogens is 1. The van der Waals surface area contributed by atoms with Gasteiger partial charge in [0.1, 0.15) is 31.1 Å². The average Bonchev–Trinajstić information content (AvgIpc) is 3.21. The molecule has 0 saturated heterocycles. The van der Waals surface area contributed by atoms with E-state index in [9.17, 15) is 24.2 Å². The van der Waals surface area contributed by atoms with Crippen molar-refractivity contribution in [1.82, 2.24) is 0 Å². The van der Waals surface area contributed by atoms with E-state index in [-0.39, 0.29) is 33.1 Å². The van der Waals surface area contributed by atoms with Gasteiger partial charge in [-0.3, -0.25) is 0 Å². The highest BCUT2D eigenvalue weighted by Crippen LogP contribution is 2.54. The van der Waals surface area contributed by atoms with Crippen LogP contribution in [-0.4, -0.2) is 105 Å². The monoisotopic (exact) mass is 800 g/mol. The molecule has 0 saturated carbocycles. The summed E-state index contributed by atoms with van der Waals surface area (Å²) in [5.74, 6) is 1.37. The molecule has 4 aliphatic rings. The van der Waals surface area contributed by atoms with E-state index in [0.717, 1.165) is 27.8 Å². The van der Waals surface area contributed by atoms with Gasteiger partial charge in [0.2, 0.25) is 5.75 Å². The number of ether oxygens (including phenoxy) is 6. The van der Waals surface area contributed by atoms with Gasteiger partial charge in [-0.2, -0.15) is 0 Å². The summed E-state index contributed by atoms with van der Waals surface area (Å²) in [6.45, 7) is 3.49. The summed E-state index contributed by atoms with van der Waals surface area (Å²) in [6.07, 6.45) is 1.97. The second kappa shape index (κ2) is 16.0. The van der Waals surface area contributed by atoms with Gasteiger partial charge in [-0.1, -0.05) is 18.2 Å². The van der Waals surface area contributed by atoms with E-state index < -0.39 is 36.7 Å². The predicted octanol–water partition coefficient (Wildman–Crippen LogP) is 7.48. The zero-order valence-corrected chi connectivity index (χ0v) is 34.2. The maximum Gasteiger partial charge on any atom is 0.362 e. The topological polar surface area (TPSA) is 130 Å². The summed E-state index contributed by atoms with van der Waals surface area (Å²) in [5.41, 5.74) is 5.37.